The number of nitrogens with one attached hydrogen (secondary N) is 2. The number of amides is 1. The molecule has 8 heteroatoms. The Kier molecular flexibility index (Phi) is 4.88. The molecule has 0 bridgehead atoms. The van der Waals surface area contributed by atoms with Crippen LogP contribution < -0.4 is 15.8 Å². The number of carbonyl (C=O) groups excluding carboxylic acids is 1. The standard InChI is InChI=1S/C18H18N4O3S/c1-20-11-14-9-8-12-4-3-7-16(17(12)21-14)22-26(24,25)15-6-2-5-13(10-15)18(19)23/h2-10,20,22H,11H2,1H3,(H2,19,23). The lowest BCUT2D eigenvalue weighted by atomic mass is 10.2. The summed E-state index contributed by atoms with van der Waals surface area (Å²) in [6, 6.07) is 14.6. The van der Waals surface area contributed by atoms with Crippen molar-refractivity contribution in [2.75, 3.05) is 11.8 Å². The lowest BCUT2D eigenvalue weighted by Gasteiger charge is -2.11. The van der Waals surface area contributed by atoms with Crippen molar-refractivity contribution in [2.45, 2.75) is 11.4 Å². The van der Waals surface area contributed by atoms with Crippen LogP contribution >= 0.6 is 0 Å². The van der Waals surface area contributed by atoms with Gasteiger partial charge in [-0.1, -0.05) is 24.3 Å². The van der Waals surface area contributed by atoms with Crippen molar-refractivity contribution in [2.24, 2.45) is 5.73 Å². The van der Waals surface area contributed by atoms with Crippen LogP contribution in [-0.2, 0) is 16.6 Å². The first-order chi connectivity index (χ1) is 12.4. The van der Waals surface area contributed by atoms with Crippen LogP contribution in [0.15, 0.2) is 59.5 Å². The van der Waals surface area contributed by atoms with Crippen LogP contribution in [0, 0.1) is 0 Å². The molecular formula is C18H18N4O3S. The summed E-state index contributed by atoms with van der Waals surface area (Å²) in [5.74, 6) is -0.689. The molecule has 0 spiro atoms. The van der Waals surface area contributed by atoms with Crippen LogP contribution in [-0.4, -0.2) is 26.4 Å². The monoisotopic (exact) mass is 370 g/mol. The molecule has 2 aromatic carbocycles. The second kappa shape index (κ2) is 7.11. The van der Waals surface area contributed by atoms with E-state index in [1.165, 1.54) is 24.3 Å². The number of aromatic nitrogens is 1. The number of anilines is 1. The van der Waals surface area contributed by atoms with Crippen molar-refractivity contribution in [1.29, 1.82) is 0 Å². The van der Waals surface area contributed by atoms with E-state index in [9.17, 15) is 13.2 Å². The largest absolute Gasteiger partial charge is 0.366 e. The van der Waals surface area contributed by atoms with Crippen LogP contribution in [0.5, 0.6) is 0 Å². The number of fused-ring (bicyclic) bond motifs is 1. The van der Waals surface area contributed by atoms with E-state index >= 15 is 0 Å². The molecule has 0 saturated carbocycles. The van der Waals surface area contributed by atoms with Gasteiger partial charge in [-0.3, -0.25) is 9.52 Å². The molecule has 4 N–H and O–H groups in total. The van der Waals surface area contributed by atoms with Crippen LogP contribution in [0.25, 0.3) is 10.9 Å². The minimum atomic E-state index is -3.90. The summed E-state index contributed by atoms with van der Waals surface area (Å²) < 4.78 is 28.0. The fourth-order valence-electron chi connectivity index (χ4n) is 2.57. The van der Waals surface area contributed by atoms with Crippen molar-refractivity contribution in [1.82, 2.24) is 10.3 Å². The normalized spacial score (nSPS) is 11.4. The first-order valence-electron chi connectivity index (χ1n) is 7.86. The predicted octanol–water partition coefficient (Wildman–Crippen LogP) is 1.85. The molecule has 0 atom stereocenters. The van der Waals surface area contributed by atoms with Gasteiger partial charge >= 0.3 is 0 Å². The lowest BCUT2D eigenvalue weighted by molar-refractivity contribution is 0.1000. The van der Waals surface area contributed by atoms with Crippen molar-refractivity contribution < 1.29 is 13.2 Å². The van der Waals surface area contributed by atoms with Gasteiger partial charge in [0.1, 0.15) is 0 Å². The number of nitrogens with two attached hydrogens (primary N) is 1. The number of pyridine rings is 1. The van der Waals surface area contributed by atoms with Gasteiger partial charge in [0.15, 0.2) is 0 Å². The van der Waals surface area contributed by atoms with Gasteiger partial charge in [0.2, 0.25) is 5.91 Å². The molecule has 1 heterocycles. The van der Waals surface area contributed by atoms with Crippen LogP contribution in [0.2, 0.25) is 0 Å². The van der Waals surface area contributed by atoms with Crippen molar-refractivity contribution >= 4 is 32.5 Å². The van der Waals surface area contributed by atoms with Crippen LogP contribution in [0.3, 0.4) is 0 Å². The van der Waals surface area contributed by atoms with Crippen LogP contribution in [0.1, 0.15) is 16.1 Å². The van der Waals surface area contributed by atoms with Crippen molar-refractivity contribution in [3.63, 3.8) is 0 Å². The van der Waals surface area contributed by atoms with Gasteiger partial charge in [-0.2, -0.15) is 0 Å². The smallest absolute Gasteiger partial charge is 0.261 e. The Morgan fingerprint density at radius 3 is 2.62 bits per heavy atom. The highest BCUT2D eigenvalue weighted by Crippen LogP contribution is 2.25. The zero-order valence-electron chi connectivity index (χ0n) is 14.1. The maximum absolute atomic E-state index is 12.7. The summed E-state index contributed by atoms with van der Waals surface area (Å²) in [6.07, 6.45) is 0. The first kappa shape index (κ1) is 17.8. The molecule has 0 fully saturated rings. The number of nitrogens with zero attached hydrogens (tertiary/aromatic N) is 1. The van der Waals surface area contributed by atoms with E-state index in [1.807, 2.05) is 25.2 Å². The molecule has 0 unspecified atom stereocenters. The average Bonchev–Trinajstić information content (AvgIpc) is 2.62. The van der Waals surface area contributed by atoms with E-state index in [0.29, 0.717) is 17.7 Å². The Morgan fingerprint density at radius 2 is 1.88 bits per heavy atom. The lowest BCUT2D eigenvalue weighted by Crippen LogP contribution is -2.16. The van der Waals surface area contributed by atoms with Gasteiger partial charge in [0, 0.05) is 17.5 Å². The molecule has 0 aliphatic heterocycles. The molecular weight excluding hydrogens is 352 g/mol. The van der Waals surface area contributed by atoms with E-state index in [4.69, 9.17) is 5.73 Å². The number of carbonyl (C=O) groups is 1. The van der Waals surface area contributed by atoms with E-state index in [1.54, 1.807) is 12.1 Å². The highest BCUT2D eigenvalue weighted by Gasteiger charge is 2.17. The Hall–Kier alpha value is -2.97. The molecule has 0 aliphatic carbocycles. The SMILES string of the molecule is CNCc1ccc2cccc(NS(=O)(=O)c3cccc(C(N)=O)c3)c2n1. The molecule has 26 heavy (non-hydrogen) atoms. The topological polar surface area (TPSA) is 114 Å². The van der Waals surface area contributed by atoms with Crippen LogP contribution in [0.4, 0.5) is 5.69 Å². The van der Waals surface area contributed by atoms with E-state index in [0.717, 1.165) is 11.1 Å². The Labute approximate surface area is 151 Å². The Morgan fingerprint density at radius 1 is 1.12 bits per heavy atom. The molecule has 134 valence electrons. The fraction of sp³-hybridized carbons (Fsp3) is 0.111. The molecule has 0 saturated heterocycles. The van der Waals surface area contributed by atoms with E-state index < -0.39 is 15.9 Å². The van der Waals surface area contributed by atoms with Crippen molar-refractivity contribution in [3.8, 4) is 0 Å². The number of hydrogen-bond acceptors (Lipinski definition) is 5. The van der Waals surface area contributed by atoms with Crippen molar-refractivity contribution in [3.05, 3.63) is 65.9 Å². The predicted molar refractivity (Wildman–Crippen MR) is 100 cm³/mol. The summed E-state index contributed by atoms with van der Waals surface area (Å²) in [7, 11) is -2.09. The number of hydrogen-bond donors (Lipinski definition) is 3. The maximum Gasteiger partial charge on any atom is 0.261 e. The molecule has 3 aromatic rings. The Balaban J connectivity index is 2.03. The third kappa shape index (κ3) is 3.66. The number of benzene rings is 2. The highest BCUT2D eigenvalue weighted by molar-refractivity contribution is 7.92. The maximum atomic E-state index is 12.7. The molecule has 1 amide bonds. The number of para-hydroxylation sites is 1. The molecule has 7 nitrogen and oxygen atoms in total. The average molecular weight is 370 g/mol. The summed E-state index contributed by atoms with van der Waals surface area (Å²) in [5, 5.41) is 3.83. The molecule has 3 rings (SSSR count). The first-order valence-corrected chi connectivity index (χ1v) is 9.35. The minimum absolute atomic E-state index is 0.0443. The van der Waals surface area contributed by atoms with Gasteiger partial charge in [-0.25, -0.2) is 13.4 Å². The summed E-state index contributed by atoms with van der Waals surface area (Å²) in [6.45, 7) is 0.567. The van der Waals surface area contributed by atoms with Gasteiger partial charge < -0.3 is 11.1 Å². The summed E-state index contributed by atoms with van der Waals surface area (Å²) in [5.41, 5.74) is 7.06. The minimum Gasteiger partial charge on any atom is -0.366 e. The molecule has 1 aromatic heterocycles. The number of rotatable bonds is 6. The number of primary amides is 1. The third-order valence-electron chi connectivity index (χ3n) is 3.81. The summed E-state index contributed by atoms with van der Waals surface area (Å²) in [4.78, 5) is 15.8. The van der Waals surface area contributed by atoms with Gasteiger partial charge in [-0.05, 0) is 37.4 Å². The van der Waals surface area contributed by atoms with Gasteiger partial charge in [-0.15, -0.1) is 0 Å². The highest BCUT2D eigenvalue weighted by atomic mass is 32.2. The molecule has 0 aliphatic rings. The fourth-order valence-corrected chi connectivity index (χ4v) is 3.68. The zero-order chi connectivity index (χ0) is 18.7. The zero-order valence-corrected chi connectivity index (χ0v) is 14.9. The molecule has 0 radical (unpaired) electrons. The Bertz CT molecular complexity index is 1080. The van der Waals surface area contributed by atoms with Gasteiger partial charge in [0.05, 0.1) is 21.8 Å². The third-order valence-corrected chi connectivity index (χ3v) is 5.17. The second-order valence-corrected chi connectivity index (χ2v) is 7.39. The second-order valence-electron chi connectivity index (χ2n) is 5.71. The van der Waals surface area contributed by atoms with E-state index in [2.05, 4.69) is 15.0 Å². The van der Waals surface area contributed by atoms with E-state index in [-0.39, 0.29) is 10.5 Å². The van der Waals surface area contributed by atoms with Gasteiger partial charge in [0.25, 0.3) is 10.0 Å². The quantitative estimate of drug-likeness (QED) is 0.613. The number of sulfonamides is 1. The summed E-state index contributed by atoms with van der Waals surface area (Å²) >= 11 is 0.